The number of anilines is 1. The monoisotopic (exact) mass is 371 g/mol. The molecule has 0 saturated carbocycles. The molecule has 1 aliphatic heterocycles. The first-order valence-electron chi connectivity index (χ1n) is 7.49. The molecule has 1 amide bonds. The van der Waals surface area contributed by atoms with Crippen molar-refractivity contribution in [3.8, 4) is 0 Å². The Morgan fingerprint density at radius 2 is 1.78 bits per heavy atom. The predicted octanol–water partition coefficient (Wildman–Crippen LogP) is 1.63. The van der Waals surface area contributed by atoms with E-state index in [-0.39, 0.29) is 5.91 Å². The van der Waals surface area contributed by atoms with Crippen molar-refractivity contribution in [2.75, 3.05) is 31.1 Å². The fraction of sp³-hybridized carbons (Fsp3) is 0.222. The van der Waals surface area contributed by atoms with E-state index in [2.05, 4.69) is 39.0 Å². The summed E-state index contributed by atoms with van der Waals surface area (Å²) in [5.74, 6) is 0.0690. The van der Waals surface area contributed by atoms with E-state index in [9.17, 15) is 4.79 Å². The molecule has 0 bridgehead atoms. The van der Waals surface area contributed by atoms with Crippen LogP contribution < -0.4 is 15.5 Å². The van der Waals surface area contributed by atoms with Gasteiger partial charge in [0.25, 0.3) is 5.91 Å². The molecule has 2 aromatic rings. The second-order valence-corrected chi connectivity index (χ2v) is 6.37. The molecular weight excluding hydrogens is 354 g/mol. The van der Waals surface area contributed by atoms with Gasteiger partial charge in [-0.25, -0.2) is 0 Å². The third kappa shape index (κ3) is 3.15. The highest BCUT2D eigenvalue weighted by atomic mass is 79.9. The Balaban J connectivity index is 1.73. The van der Waals surface area contributed by atoms with Crippen molar-refractivity contribution >= 4 is 40.7 Å². The van der Waals surface area contributed by atoms with Gasteiger partial charge in [0.1, 0.15) is 0 Å². The lowest BCUT2D eigenvalue weighted by atomic mass is 10.1. The van der Waals surface area contributed by atoms with Crippen LogP contribution in [0.25, 0.3) is 13.2 Å². The molecule has 4 nitrogen and oxygen atoms in total. The van der Waals surface area contributed by atoms with E-state index in [1.807, 2.05) is 35.2 Å². The highest BCUT2D eigenvalue weighted by molar-refractivity contribution is 9.10. The summed E-state index contributed by atoms with van der Waals surface area (Å²) < 4.78 is 0.836. The lowest BCUT2D eigenvalue weighted by Gasteiger charge is -2.36. The average Bonchev–Trinajstić information content (AvgIpc) is 2.57. The maximum Gasteiger partial charge on any atom is 0.255 e. The second kappa shape index (κ2) is 6.54. The fourth-order valence-electron chi connectivity index (χ4n) is 2.78. The van der Waals surface area contributed by atoms with Gasteiger partial charge in [-0.1, -0.05) is 25.3 Å². The number of piperazine rings is 1. The van der Waals surface area contributed by atoms with Gasteiger partial charge >= 0.3 is 0 Å². The van der Waals surface area contributed by atoms with Crippen LogP contribution in [0, 0.1) is 0 Å². The Morgan fingerprint density at radius 3 is 2.48 bits per heavy atom. The third-order valence-corrected chi connectivity index (χ3v) is 4.82. The minimum atomic E-state index is 0.0690. The van der Waals surface area contributed by atoms with Crippen molar-refractivity contribution in [1.82, 2.24) is 9.88 Å². The van der Waals surface area contributed by atoms with Gasteiger partial charge in [-0.05, 0) is 34.1 Å². The van der Waals surface area contributed by atoms with Crippen LogP contribution in [0.3, 0.4) is 0 Å². The molecule has 0 radical (unpaired) electrons. The summed E-state index contributed by atoms with van der Waals surface area (Å²) in [5.41, 5.74) is 1.76. The van der Waals surface area contributed by atoms with Gasteiger partial charge in [-0.2, -0.15) is 0 Å². The normalized spacial score (nSPS) is 14.8. The van der Waals surface area contributed by atoms with Gasteiger partial charge in [0.05, 0.1) is 10.9 Å². The molecule has 1 aliphatic rings. The van der Waals surface area contributed by atoms with Crippen LogP contribution in [-0.4, -0.2) is 42.0 Å². The Hall–Kier alpha value is -2.14. The second-order valence-electron chi connectivity index (χ2n) is 5.51. The summed E-state index contributed by atoms with van der Waals surface area (Å²) in [6, 6.07) is 9.50. The molecule has 0 unspecified atom stereocenters. The van der Waals surface area contributed by atoms with Crippen LogP contribution in [0.2, 0.25) is 0 Å². The van der Waals surface area contributed by atoms with Crippen molar-refractivity contribution < 1.29 is 4.79 Å². The first kappa shape index (κ1) is 15.7. The predicted molar refractivity (Wildman–Crippen MR) is 96.8 cm³/mol. The van der Waals surface area contributed by atoms with E-state index in [4.69, 9.17) is 0 Å². The number of halogens is 1. The smallest absolute Gasteiger partial charge is 0.255 e. The SMILES string of the molecule is C=c1nccc(N2CCN(C(=O)c3ccccc3Br)CC2)c1=C. The molecule has 1 aromatic carbocycles. The van der Waals surface area contributed by atoms with E-state index in [1.165, 1.54) is 0 Å². The fourth-order valence-corrected chi connectivity index (χ4v) is 3.23. The van der Waals surface area contributed by atoms with Crippen molar-refractivity contribution in [2.24, 2.45) is 0 Å². The highest BCUT2D eigenvalue weighted by Gasteiger charge is 2.23. The number of carbonyl (C=O) groups is 1. The van der Waals surface area contributed by atoms with E-state index < -0.39 is 0 Å². The summed E-state index contributed by atoms with van der Waals surface area (Å²) in [5, 5.41) is 1.56. The molecule has 0 spiro atoms. The topological polar surface area (TPSA) is 36.4 Å². The molecule has 1 saturated heterocycles. The number of carbonyl (C=O) groups excluding carboxylic acids is 1. The maximum absolute atomic E-state index is 12.6. The Bertz CT molecular complexity index is 828. The Morgan fingerprint density at radius 1 is 1.09 bits per heavy atom. The average molecular weight is 372 g/mol. The molecule has 2 heterocycles. The quantitative estimate of drug-likeness (QED) is 0.804. The van der Waals surface area contributed by atoms with Crippen molar-refractivity contribution in [3.63, 3.8) is 0 Å². The number of pyridine rings is 1. The summed E-state index contributed by atoms with van der Waals surface area (Å²) in [4.78, 5) is 20.9. The number of hydrogen-bond acceptors (Lipinski definition) is 3. The van der Waals surface area contributed by atoms with E-state index in [0.717, 1.165) is 28.5 Å². The minimum absolute atomic E-state index is 0.0690. The molecule has 23 heavy (non-hydrogen) atoms. The van der Waals surface area contributed by atoms with Gasteiger partial charge in [-0.15, -0.1) is 0 Å². The molecule has 0 N–H and O–H groups in total. The number of aromatic nitrogens is 1. The van der Waals surface area contributed by atoms with Crippen LogP contribution in [0.15, 0.2) is 41.0 Å². The van der Waals surface area contributed by atoms with Crippen LogP contribution in [0.1, 0.15) is 10.4 Å². The van der Waals surface area contributed by atoms with Crippen molar-refractivity contribution in [2.45, 2.75) is 0 Å². The summed E-state index contributed by atoms with van der Waals surface area (Å²) in [6.07, 6.45) is 1.75. The van der Waals surface area contributed by atoms with Gasteiger partial charge < -0.3 is 9.80 Å². The van der Waals surface area contributed by atoms with Crippen molar-refractivity contribution in [1.29, 1.82) is 0 Å². The first-order valence-corrected chi connectivity index (χ1v) is 8.29. The Labute approximate surface area is 143 Å². The van der Waals surface area contributed by atoms with Crippen LogP contribution in [0.5, 0.6) is 0 Å². The third-order valence-electron chi connectivity index (χ3n) is 4.13. The van der Waals surface area contributed by atoms with Gasteiger partial charge in [0.15, 0.2) is 0 Å². The van der Waals surface area contributed by atoms with E-state index in [1.54, 1.807) is 6.20 Å². The number of amides is 1. The molecule has 1 aromatic heterocycles. The minimum Gasteiger partial charge on any atom is -0.367 e. The zero-order valence-electron chi connectivity index (χ0n) is 12.8. The molecule has 0 atom stereocenters. The molecule has 0 aliphatic carbocycles. The number of hydrogen-bond donors (Lipinski definition) is 0. The first-order chi connectivity index (χ1) is 11.1. The standard InChI is InChI=1S/C18H18BrN3O/c1-13-14(2)20-8-7-17(13)21-9-11-22(12-10-21)18(23)15-5-3-4-6-16(15)19/h3-8H,1-2,9-12H2. The highest BCUT2D eigenvalue weighted by Crippen LogP contribution is 2.19. The largest absolute Gasteiger partial charge is 0.367 e. The zero-order valence-corrected chi connectivity index (χ0v) is 14.4. The maximum atomic E-state index is 12.6. The number of nitrogens with zero attached hydrogens (tertiary/aromatic N) is 3. The van der Waals surface area contributed by atoms with Crippen molar-refractivity contribution in [3.05, 3.63) is 57.1 Å². The molecule has 3 rings (SSSR count). The number of rotatable bonds is 2. The molecule has 118 valence electrons. The van der Waals surface area contributed by atoms with Gasteiger partial charge in [-0.3, -0.25) is 9.78 Å². The molecule has 5 heteroatoms. The zero-order chi connectivity index (χ0) is 16.4. The number of benzene rings is 1. The lowest BCUT2D eigenvalue weighted by molar-refractivity contribution is 0.0746. The van der Waals surface area contributed by atoms with Crippen LogP contribution in [0.4, 0.5) is 5.69 Å². The summed E-state index contributed by atoms with van der Waals surface area (Å²) in [7, 11) is 0. The Kier molecular flexibility index (Phi) is 4.48. The van der Waals surface area contributed by atoms with Gasteiger partial charge in [0.2, 0.25) is 0 Å². The van der Waals surface area contributed by atoms with Gasteiger partial charge in [0, 0.05) is 47.8 Å². The lowest BCUT2D eigenvalue weighted by Crippen LogP contribution is -2.50. The van der Waals surface area contributed by atoms with E-state index >= 15 is 0 Å². The molecule has 1 fully saturated rings. The van der Waals surface area contributed by atoms with Crippen LogP contribution in [-0.2, 0) is 0 Å². The summed E-state index contributed by atoms with van der Waals surface area (Å²) in [6.45, 7) is 10.9. The molecular formula is C18H18BrN3O. The summed E-state index contributed by atoms with van der Waals surface area (Å²) >= 11 is 3.45. The van der Waals surface area contributed by atoms with Crippen LogP contribution >= 0.6 is 15.9 Å². The van der Waals surface area contributed by atoms with E-state index in [0.29, 0.717) is 24.0 Å².